The molecule has 138 valence electrons. The Bertz CT molecular complexity index is 498. The highest BCUT2D eigenvalue weighted by Crippen LogP contribution is 2.42. The van der Waals surface area contributed by atoms with Gasteiger partial charge in [-0.25, -0.2) is 5.01 Å². The van der Waals surface area contributed by atoms with Gasteiger partial charge in [-0.15, -0.1) is 0 Å². The minimum atomic E-state index is -4.69. The third-order valence-electron chi connectivity index (χ3n) is 3.76. The number of anilines is 2. The molecule has 1 heterocycles. The first kappa shape index (κ1) is 20.8. The second-order valence-electron chi connectivity index (χ2n) is 5.01. The summed E-state index contributed by atoms with van der Waals surface area (Å²) in [4.78, 5) is 2.34. The highest BCUT2D eigenvalue weighted by molar-refractivity contribution is 5.74. The highest BCUT2D eigenvalue weighted by atomic mass is 35.7. The third kappa shape index (κ3) is 5.66. The van der Waals surface area contributed by atoms with Crippen LogP contribution >= 0.6 is 0 Å². The largest absolute Gasteiger partial charge is 0.467 e. The van der Waals surface area contributed by atoms with Crippen LogP contribution in [0.5, 0.6) is 5.75 Å². The van der Waals surface area contributed by atoms with Crippen molar-refractivity contribution < 1.29 is 33.6 Å². The van der Waals surface area contributed by atoms with Crippen molar-refractivity contribution >= 4 is 11.4 Å². The Balaban J connectivity index is 0.000000505. The molecule has 0 bridgehead atoms. The first-order valence-electron chi connectivity index (χ1n) is 7.93. The van der Waals surface area contributed by atoms with Crippen LogP contribution < -0.4 is 28.6 Å². The Morgan fingerprint density at radius 3 is 2.08 bits per heavy atom. The zero-order chi connectivity index (χ0) is 18.3. The van der Waals surface area contributed by atoms with Crippen molar-refractivity contribution in [3.05, 3.63) is 18.2 Å². The molecule has 0 aromatic heterocycles. The maximum Gasteiger partial charge on any atom is 0.175 e. The van der Waals surface area contributed by atoms with Crippen LogP contribution in [0.15, 0.2) is 18.2 Å². The van der Waals surface area contributed by atoms with Crippen molar-refractivity contribution in [3.8, 4) is 5.75 Å². The minimum absolute atomic E-state index is 0.620. The summed E-state index contributed by atoms with van der Waals surface area (Å²) < 4.78 is 38.7. The number of para-hydroxylation sites is 1. The quantitative estimate of drug-likeness (QED) is 0.673. The Morgan fingerprint density at radius 1 is 1.08 bits per heavy atom. The molecule has 8 nitrogen and oxygen atoms in total. The maximum absolute atomic E-state index is 8.60. The number of nitrogens with zero attached hydrogens (tertiary/aromatic N) is 3. The van der Waals surface area contributed by atoms with Gasteiger partial charge in [0, 0.05) is 26.2 Å². The normalized spacial score (nSPS) is 13.3. The maximum atomic E-state index is 8.60. The number of benzene rings is 1. The lowest BCUT2D eigenvalue weighted by Gasteiger charge is -2.30. The van der Waals surface area contributed by atoms with Gasteiger partial charge in [0.05, 0.1) is 20.6 Å². The van der Waals surface area contributed by atoms with E-state index in [4.69, 9.17) is 23.4 Å². The summed E-state index contributed by atoms with van der Waals surface area (Å²) in [5, 5.41) is 4.54. The van der Waals surface area contributed by atoms with Crippen molar-refractivity contribution in [1.29, 1.82) is 0 Å². The standard InChI is InChI=1S/C15H25N3O.ClHO4/c1-5-16(6-2)13-10-9-11-14-15(13)19-12-18(14)17(7-3)8-4;2-1(3,4)5/h9-11H,5-8,12H2,1-4H3;(H,2,3,4,5). The molecule has 0 unspecified atom stereocenters. The van der Waals surface area contributed by atoms with Crippen LogP contribution in [-0.2, 0) is 0 Å². The molecular weight excluding hydrogens is 338 g/mol. The van der Waals surface area contributed by atoms with Crippen LogP contribution in [0.3, 0.4) is 0 Å². The second kappa shape index (κ2) is 9.26. The van der Waals surface area contributed by atoms with Gasteiger partial charge in [-0.3, -0.25) is 5.01 Å². The minimum Gasteiger partial charge on any atom is -0.467 e. The van der Waals surface area contributed by atoms with E-state index in [0.717, 1.165) is 31.9 Å². The molecule has 9 heteroatoms. The average molecular weight is 364 g/mol. The summed E-state index contributed by atoms with van der Waals surface area (Å²) in [5.41, 5.74) is 2.39. The van der Waals surface area contributed by atoms with Gasteiger partial charge in [0.2, 0.25) is 0 Å². The molecule has 2 rings (SSSR count). The lowest BCUT2D eigenvalue weighted by molar-refractivity contribution is -1.92. The molecule has 0 aliphatic carbocycles. The van der Waals surface area contributed by atoms with E-state index in [1.54, 1.807) is 0 Å². The summed E-state index contributed by atoms with van der Waals surface area (Å²) in [7, 11) is -4.69. The van der Waals surface area contributed by atoms with E-state index in [9.17, 15) is 0 Å². The fraction of sp³-hybridized carbons (Fsp3) is 0.600. The van der Waals surface area contributed by atoms with Crippen LogP contribution in [0.4, 0.5) is 11.4 Å². The molecule has 1 aliphatic heterocycles. The smallest absolute Gasteiger partial charge is 0.175 e. The first-order valence-corrected chi connectivity index (χ1v) is 9.19. The van der Waals surface area contributed by atoms with E-state index < -0.39 is 10.2 Å². The van der Waals surface area contributed by atoms with Crippen molar-refractivity contribution in [1.82, 2.24) is 5.01 Å². The molecule has 0 fully saturated rings. The van der Waals surface area contributed by atoms with E-state index in [-0.39, 0.29) is 0 Å². The fourth-order valence-electron chi connectivity index (χ4n) is 2.67. The van der Waals surface area contributed by atoms with Crippen LogP contribution in [-0.4, -0.2) is 42.6 Å². The highest BCUT2D eigenvalue weighted by Gasteiger charge is 2.27. The van der Waals surface area contributed by atoms with E-state index in [0.29, 0.717) is 6.73 Å². The van der Waals surface area contributed by atoms with E-state index in [1.807, 2.05) is 0 Å². The van der Waals surface area contributed by atoms with E-state index >= 15 is 0 Å². The fourth-order valence-corrected chi connectivity index (χ4v) is 2.67. The van der Waals surface area contributed by atoms with Gasteiger partial charge in [-0.2, -0.15) is 14.0 Å². The van der Waals surface area contributed by atoms with Gasteiger partial charge >= 0.3 is 0 Å². The van der Waals surface area contributed by atoms with E-state index in [2.05, 4.69) is 60.8 Å². The molecule has 1 aromatic rings. The molecule has 0 atom stereocenters. The number of fused-ring (bicyclic) bond motifs is 1. The van der Waals surface area contributed by atoms with Crippen LogP contribution in [0.2, 0.25) is 0 Å². The topological polar surface area (TPSA) is 108 Å². The van der Waals surface area contributed by atoms with Crippen LogP contribution in [0.25, 0.3) is 0 Å². The summed E-state index contributed by atoms with van der Waals surface area (Å²) in [5.74, 6) is 1.03. The van der Waals surface area contributed by atoms with Crippen molar-refractivity contribution in [2.24, 2.45) is 0 Å². The first-order chi connectivity index (χ1) is 11.3. The summed E-state index contributed by atoms with van der Waals surface area (Å²) in [6, 6.07) is 6.42. The summed E-state index contributed by atoms with van der Waals surface area (Å²) >= 11 is 0. The molecule has 0 radical (unpaired) electrons. The van der Waals surface area contributed by atoms with Gasteiger partial charge in [-0.05, 0) is 26.0 Å². The number of rotatable bonds is 6. The summed E-state index contributed by atoms with van der Waals surface area (Å²) in [6.07, 6.45) is 0. The predicted octanol–water partition coefficient (Wildman–Crippen LogP) is -1.18. The Hall–Kier alpha value is -1.29. The van der Waals surface area contributed by atoms with Crippen molar-refractivity contribution in [2.45, 2.75) is 27.7 Å². The third-order valence-corrected chi connectivity index (χ3v) is 3.76. The van der Waals surface area contributed by atoms with Crippen LogP contribution in [0, 0.1) is 10.2 Å². The van der Waals surface area contributed by atoms with Gasteiger partial charge in [0.1, 0.15) is 5.69 Å². The Kier molecular flexibility index (Phi) is 8.01. The van der Waals surface area contributed by atoms with Crippen molar-refractivity contribution in [2.75, 3.05) is 42.8 Å². The average Bonchev–Trinajstić information content (AvgIpc) is 2.93. The summed E-state index contributed by atoms with van der Waals surface area (Å²) in [6.45, 7) is 13.3. The molecule has 0 saturated heterocycles. The number of halogens is 1. The Labute approximate surface area is 145 Å². The lowest BCUT2D eigenvalue weighted by atomic mass is 10.2. The van der Waals surface area contributed by atoms with Crippen molar-refractivity contribution in [3.63, 3.8) is 0 Å². The SMILES string of the molecule is CCN(CC)c1cccc2c1OCN2N(CC)CC.[O-][Cl+3]([O-])([O-])O. The Morgan fingerprint density at radius 2 is 1.62 bits per heavy atom. The molecule has 0 amide bonds. The molecule has 0 spiro atoms. The zero-order valence-corrected chi connectivity index (χ0v) is 15.3. The molecule has 1 aliphatic rings. The number of ether oxygens (including phenoxy) is 1. The molecule has 1 N–H and O–H groups in total. The second-order valence-corrected chi connectivity index (χ2v) is 5.80. The monoisotopic (exact) mass is 363 g/mol. The number of hydrogen-bond donors (Lipinski definition) is 1. The predicted molar refractivity (Wildman–Crippen MR) is 83.1 cm³/mol. The van der Waals surface area contributed by atoms with Gasteiger partial charge in [0.25, 0.3) is 0 Å². The zero-order valence-electron chi connectivity index (χ0n) is 14.6. The molecule has 1 aromatic carbocycles. The van der Waals surface area contributed by atoms with Gasteiger partial charge < -0.3 is 9.64 Å². The molecule has 24 heavy (non-hydrogen) atoms. The molecule has 0 saturated carbocycles. The van der Waals surface area contributed by atoms with E-state index in [1.165, 1.54) is 11.4 Å². The van der Waals surface area contributed by atoms with Gasteiger partial charge in [-0.1, -0.05) is 19.9 Å². The number of hydrazine groups is 1. The number of hydrogen-bond acceptors (Lipinski definition) is 8. The van der Waals surface area contributed by atoms with Gasteiger partial charge in [0.15, 0.2) is 12.5 Å². The van der Waals surface area contributed by atoms with Crippen LogP contribution in [0.1, 0.15) is 27.7 Å². The lowest BCUT2D eigenvalue weighted by Crippen LogP contribution is -2.58. The molecular formula is C15H26ClN3O5.